The van der Waals surface area contributed by atoms with Crippen LogP contribution in [-0.4, -0.2) is 11.1 Å². The summed E-state index contributed by atoms with van der Waals surface area (Å²) >= 11 is 0. The van der Waals surface area contributed by atoms with E-state index in [0.717, 1.165) is 5.57 Å². The lowest BCUT2D eigenvalue weighted by Crippen LogP contribution is -2.11. The van der Waals surface area contributed by atoms with Gasteiger partial charge in [0.15, 0.2) is 0 Å². The first kappa shape index (κ1) is 16.3. The molecule has 1 aliphatic rings. The molecule has 1 aromatic rings. The van der Waals surface area contributed by atoms with Crippen molar-refractivity contribution in [1.82, 2.24) is 0 Å². The van der Waals surface area contributed by atoms with Crippen molar-refractivity contribution in [3.05, 3.63) is 64.8 Å². The van der Waals surface area contributed by atoms with Crippen molar-refractivity contribution in [3.8, 4) is 0 Å². The highest BCUT2D eigenvalue weighted by atomic mass is 16.4. The maximum Gasteiger partial charge on any atom is 0.328 e. The molecule has 0 radical (unpaired) electrons. The minimum atomic E-state index is -0.913. The zero-order valence-corrected chi connectivity index (χ0v) is 13.8. The zero-order chi connectivity index (χ0) is 16.3. The number of allylic oxidation sites excluding steroid dienone is 5. The van der Waals surface area contributed by atoms with E-state index in [1.165, 1.54) is 41.2 Å². The van der Waals surface area contributed by atoms with Gasteiger partial charge in [0.05, 0.1) is 0 Å². The van der Waals surface area contributed by atoms with Crippen molar-refractivity contribution < 1.29 is 9.90 Å². The zero-order valence-electron chi connectivity index (χ0n) is 13.8. The summed E-state index contributed by atoms with van der Waals surface area (Å²) in [4.78, 5) is 10.6. The van der Waals surface area contributed by atoms with E-state index in [-0.39, 0.29) is 5.41 Å². The van der Waals surface area contributed by atoms with Gasteiger partial charge in [-0.05, 0) is 59.9 Å². The van der Waals surface area contributed by atoms with Crippen molar-refractivity contribution in [2.45, 2.75) is 46.0 Å². The van der Waals surface area contributed by atoms with E-state index in [4.69, 9.17) is 5.11 Å². The predicted molar refractivity (Wildman–Crippen MR) is 92.0 cm³/mol. The van der Waals surface area contributed by atoms with E-state index >= 15 is 0 Å². The largest absolute Gasteiger partial charge is 0.478 e. The second-order valence-corrected chi connectivity index (χ2v) is 6.69. The Morgan fingerprint density at radius 3 is 2.68 bits per heavy atom. The first-order chi connectivity index (χ1) is 10.3. The van der Waals surface area contributed by atoms with E-state index in [1.54, 1.807) is 6.92 Å². The smallest absolute Gasteiger partial charge is 0.328 e. The molecule has 0 saturated heterocycles. The molecule has 116 valence electrons. The maximum absolute atomic E-state index is 10.6. The van der Waals surface area contributed by atoms with Crippen LogP contribution in [0, 0.1) is 0 Å². The molecule has 0 atom stereocenters. The Morgan fingerprint density at radius 2 is 2.00 bits per heavy atom. The number of rotatable bonds is 4. The van der Waals surface area contributed by atoms with E-state index in [2.05, 4.69) is 39.0 Å². The molecule has 0 aromatic heterocycles. The summed E-state index contributed by atoms with van der Waals surface area (Å²) in [6.07, 6.45) is 9.34. The molecule has 1 aliphatic carbocycles. The van der Waals surface area contributed by atoms with Crippen LogP contribution in [0.3, 0.4) is 0 Å². The number of carbonyl (C=O) groups is 1. The van der Waals surface area contributed by atoms with Crippen molar-refractivity contribution in [3.63, 3.8) is 0 Å². The number of fused-ring (bicyclic) bond motifs is 1. The molecule has 0 unspecified atom stereocenters. The molecule has 2 rings (SSSR count). The molecular weight excluding hydrogens is 272 g/mol. The van der Waals surface area contributed by atoms with Crippen molar-refractivity contribution in [2.75, 3.05) is 0 Å². The standard InChI is InChI=1S/C20H24O2/c1-14(12-19(21)22)6-5-7-15(2)17-9-8-16-10-11-20(3,4)18(16)13-17/h5-9,12-13H,10-11H2,1-4H3,(H,21,22). The lowest BCUT2D eigenvalue weighted by atomic mass is 9.85. The summed E-state index contributed by atoms with van der Waals surface area (Å²) < 4.78 is 0. The van der Waals surface area contributed by atoms with Crippen molar-refractivity contribution in [2.24, 2.45) is 0 Å². The van der Waals surface area contributed by atoms with E-state index in [0.29, 0.717) is 0 Å². The molecule has 22 heavy (non-hydrogen) atoms. The molecule has 0 aliphatic heterocycles. The fourth-order valence-electron chi connectivity index (χ4n) is 2.93. The normalized spacial score (nSPS) is 17.8. The van der Waals surface area contributed by atoms with Gasteiger partial charge in [0.25, 0.3) is 0 Å². The molecule has 1 N–H and O–H groups in total. The van der Waals surface area contributed by atoms with Crippen molar-refractivity contribution in [1.29, 1.82) is 0 Å². The van der Waals surface area contributed by atoms with Crippen LogP contribution in [0.25, 0.3) is 5.57 Å². The summed E-state index contributed by atoms with van der Waals surface area (Å²) in [5.74, 6) is -0.913. The first-order valence-electron chi connectivity index (χ1n) is 7.69. The molecule has 0 saturated carbocycles. The van der Waals surface area contributed by atoms with Crippen LogP contribution in [0.1, 0.15) is 50.8 Å². The van der Waals surface area contributed by atoms with Gasteiger partial charge >= 0.3 is 5.97 Å². The van der Waals surface area contributed by atoms with Crippen LogP contribution < -0.4 is 0 Å². The third-order valence-corrected chi connectivity index (χ3v) is 4.37. The van der Waals surface area contributed by atoms with Gasteiger partial charge < -0.3 is 5.11 Å². The number of aliphatic carboxylic acids is 1. The summed E-state index contributed by atoms with van der Waals surface area (Å²) in [6, 6.07) is 6.73. The first-order valence-corrected chi connectivity index (χ1v) is 7.69. The van der Waals surface area contributed by atoms with Gasteiger partial charge in [-0.1, -0.05) is 50.3 Å². The fourth-order valence-corrected chi connectivity index (χ4v) is 2.93. The molecule has 0 fully saturated rings. The number of benzene rings is 1. The second kappa shape index (κ2) is 6.35. The monoisotopic (exact) mass is 296 g/mol. The maximum atomic E-state index is 10.6. The lowest BCUT2D eigenvalue weighted by Gasteiger charge is -2.19. The molecule has 2 nitrogen and oxygen atoms in total. The summed E-state index contributed by atoms with van der Waals surface area (Å²) in [5, 5.41) is 8.68. The van der Waals surface area contributed by atoms with Crippen LogP contribution in [-0.2, 0) is 16.6 Å². The highest BCUT2D eigenvalue weighted by Crippen LogP contribution is 2.39. The van der Waals surface area contributed by atoms with Crippen LogP contribution in [0.4, 0.5) is 0 Å². The quantitative estimate of drug-likeness (QED) is 0.633. The fraction of sp³-hybridized carbons (Fsp3) is 0.350. The van der Waals surface area contributed by atoms with Gasteiger partial charge in [-0.25, -0.2) is 4.79 Å². The lowest BCUT2D eigenvalue weighted by molar-refractivity contribution is -0.131. The SMILES string of the molecule is CC(C=CC=C(C)c1ccc2c(c1)C(C)(C)CC2)=CC(=O)O. The van der Waals surface area contributed by atoms with Gasteiger partial charge in [-0.3, -0.25) is 0 Å². The van der Waals surface area contributed by atoms with Crippen LogP contribution in [0.2, 0.25) is 0 Å². The van der Waals surface area contributed by atoms with E-state index < -0.39 is 5.97 Å². The third-order valence-electron chi connectivity index (χ3n) is 4.37. The third kappa shape index (κ3) is 3.76. The number of hydrogen-bond acceptors (Lipinski definition) is 1. The number of hydrogen-bond donors (Lipinski definition) is 1. The van der Waals surface area contributed by atoms with Crippen LogP contribution in [0.5, 0.6) is 0 Å². The molecule has 0 bridgehead atoms. The van der Waals surface area contributed by atoms with Gasteiger partial charge in [0.2, 0.25) is 0 Å². The number of carboxylic acid groups (broad SMARTS) is 1. The highest BCUT2D eigenvalue weighted by molar-refractivity contribution is 5.81. The Labute approximate surface area is 132 Å². The molecule has 0 amide bonds. The Kier molecular flexibility index (Phi) is 4.70. The number of aryl methyl sites for hydroxylation is 1. The second-order valence-electron chi connectivity index (χ2n) is 6.69. The number of carboxylic acids is 1. The minimum Gasteiger partial charge on any atom is -0.478 e. The van der Waals surface area contributed by atoms with E-state index in [1.807, 2.05) is 18.2 Å². The van der Waals surface area contributed by atoms with Crippen LogP contribution in [0.15, 0.2) is 48.1 Å². The highest BCUT2D eigenvalue weighted by Gasteiger charge is 2.29. The van der Waals surface area contributed by atoms with Crippen molar-refractivity contribution >= 4 is 11.5 Å². The predicted octanol–water partition coefficient (Wildman–Crippen LogP) is 4.90. The minimum absolute atomic E-state index is 0.266. The Bertz CT molecular complexity index is 673. The molecule has 2 heteroatoms. The molecule has 0 spiro atoms. The molecule has 0 heterocycles. The van der Waals surface area contributed by atoms with Gasteiger partial charge in [-0.2, -0.15) is 0 Å². The average molecular weight is 296 g/mol. The average Bonchev–Trinajstić information content (AvgIpc) is 2.73. The van der Waals surface area contributed by atoms with Gasteiger partial charge in [-0.15, -0.1) is 0 Å². The topological polar surface area (TPSA) is 37.3 Å². The summed E-state index contributed by atoms with van der Waals surface area (Å²) in [7, 11) is 0. The van der Waals surface area contributed by atoms with Gasteiger partial charge in [0.1, 0.15) is 0 Å². The molecule has 1 aromatic carbocycles. The van der Waals surface area contributed by atoms with Gasteiger partial charge in [0, 0.05) is 6.08 Å². The van der Waals surface area contributed by atoms with Crippen LogP contribution >= 0.6 is 0 Å². The Hall–Kier alpha value is -2.09. The summed E-state index contributed by atoms with van der Waals surface area (Å²) in [6.45, 7) is 8.49. The molecular formula is C20H24O2. The Morgan fingerprint density at radius 1 is 1.27 bits per heavy atom. The summed E-state index contributed by atoms with van der Waals surface area (Å²) in [5.41, 5.74) is 6.35. The Balaban J connectivity index is 2.20. The van der Waals surface area contributed by atoms with E-state index in [9.17, 15) is 4.79 Å².